The fourth-order valence-corrected chi connectivity index (χ4v) is 5.57. The number of aryl methyl sites for hydroxylation is 1. The molecule has 2 aromatic carbocycles. The van der Waals surface area contributed by atoms with Crippen LogP contribution in [0.4, 0.5) is 0 Å². The second kappa shape index (κ2) is 9.76. The number of amides is 1. The quantitative estimate of drug-likeness (QED) is 0.495. The van der Waals surface area contributed by atoms with Gasteiger partial charge in [0, 0.05) is 37.4 Å². The Morgan fingerprint density at radius 2 is 1.61 bits per heavy atom. The van der Waals surface area contributed by atoms with E-state index < -0.39 is 16.0 Å². The van der Waals surface area contributed by atoms with E-state index in [1.54, 1.807) is 12.1 Å². The first-order chi connectivity index (χ1) is 15.8. The average Bonchev–Trinajstić information content (AvgIpc) is 3.13. The van der Waals surface area contributed by atoms with Crippen molar-refractivity contribution in [2.45, 2.75) is 19.2 Å². The molecular formula is C24H27N3O5S. The summed E-state index contributed by atoms with van der Waals surface area (Å²) in [6.45, 7) is 2.58. The van der Waals surface area contributed by atoms with Crippen molar-refractivity contribution in [1.29, 1.82) is 0 Å². The van der Waals surface area contributed by atoms with Gasteiger partial charge in [-0.05, 0) is 30.0 Å². The van der Waals surface area contributed by atoms with Crippen LogP contribution in [0.5, 0.6) is 0 Å². The third kappa shape index (κ3) is 5.43. The molecule has 9 heteroatoms. The largest absolute Gasteiger partial charge is 0.454 e. The summed E-state index contributed by atoms with van der Waals surface area (Å²) in [6, 6.07) is 18.8. The molecule has 1 saturated heterocycles. The molecule has 1 fully saturated rings. The highest BCUT2D eigenvalue weighted by molar-refractivity contribution is 7.88. The van der Waals surface area contributed by atoms with Crippen molar-refractivity contribution < 1.29 is 22.7 Å². The monoisotopic (exact) mass is 469 g/mol. The lowest BCUT2D eigenvalue weighted by atomic mass is 10.2. The summed E-state index contributed by atoms with van der Waals surface area (Å²) in [5, 5.41) is 1.04. The zero-order chi connectivity index (χ0) is 23.4. The molecule has 1 aromatic heterocycles. The minimum absolute atomic E-state index is 0.0259. The molecular weight excluding hydrogens is 442 g/mol. The summed E-state index contributed by atoms with van der Waals surface area (Å²) in [7, 11) is -3.46. The highest BCUT2D eigenvalue weighted by atomic mass is 32.2. The van der Waals surface area contributed by atoms with Gasteiger partial charge in [0.15, 0.2) is 6.61 Å². The van der Waals surface area contributed by atoms with Gasteiger partial charge in [-0.2, -0.15) is 4.31 Å². The Morgan fingerprint density at radius 3 is 2.33 bits per heavy atom. The summed E-state index contributed by atoms with van der Waals surface area (Å²) in [4.78, 5) is 26.4. The van der Waals surface area contributed by atoms with Gasteiger partial charge in [0.25, 0.3) is 5.91 Å². The van der Waals surface area contributed by atoms with E-state index in [9.17, 15) is 18.0 Å². The van der Waals surface area contributed by atoms with Gasteiger partial charge in [-0.1, -0.05) is 48.5 Å². The second-order valence-corrected chi connectivity index (χ2v) is 10.1. The Kier molecular flexibility index (Phi) is 6.80. The Hall–Kier alpha value is -3.17. The first kappa shape index (κ1) is 23.0. The predicted octanol–water partition coefficient (Wildman–Crippen LogP) is 2.17. The van der Waals surface area contributed by atoms with Gasteiger partial charge in [0.05, 0.1) is 5.75 Å². The molecule has 8 nitrogen and oxygen atoms in total. The maximum Gasteiger partial charge on any atom is 0.326 e. The van der Waals surface area contributed by atoms with Crippen LogP contribution in [0.15, 0.2) is 60.7 Å². The third-order valence-electron chi connectivity index (χ3n) is 5.84. The van der Waals surface area contributed by atoms with Crippen LogP contribution < -0.4 is 0 Å². The molecule has 4 rings (SSSR count). The predicted molar refractivity (Wildman–Crippen MR) is 125 cm³/mol. The SMILES string of the molecule is Cc1cc2ccccc2n1CC(=O)OCC(=O)N1CCN(S(=O)(=O)Cc2ccccc2)CC1. The van der Waals surface area contributed by atoms with Gasteiger partial charge in [-0.3, -0.25) is 9.59 Å². The Labute approximate surface area is 193 Å². The van der Waals surface area contributed by atoms with Crippen LogP contribution in [0.3, 0.4) is 0 Å². The van der Waals surface area contributed by atoms with Crippen molar-refractivity contribution >= 4 is 32.8 Å². The number of carbonyl (C=O) groups is 2. The molecule has 3 aromatic rings. The highest BCUT2D eigenvalue weighted by Crippen LogP contribution is 2.19. The number of para-hydroxylation sites is 1. The maximum absolute atomic E-state index is 12.7. The average molecular weight is 470 g/mol. The van der Waals surface area contributed by atoms with Gasteiger partial charge in [-0.15, -0.1) is 0 Å². The number of esters is 1. The van der Waals surface area contributed by atoms with Crippen molar-refractivity contribution in [2.75, 3.05) is 32.8 Å². The summed E-state index contributed by atoms with van der Waals surface area (Å²) in [5.41, 5.74) is 2.60. The van der Waals surface area contributed by atoms with Crippen LogP contribution >= 0.6 is 0 Å². The van der Waals surface area contributed by atoms with Crippen LogP contribution in [0.2, 0.25) is 0 Å². The van der Waals surface area contributed by atoms with Gasteiger partial charge in [0.2, 0.25) is 10.0 Å². The normalized spacial score (nSPS) is 15.0. The van der Waals surface area contributed by atoms with E-state index in [0.29, 0.717) is 0 Å². The van der Waals surface area contributed by atoms with E-state index in [-0.39, 0.29) is 51.0 Å². The van der Waals surface area contributed by atoms with Gasteiger partial charge >= 0.3 is 5.97 Å². The van der Waals surface area contributed by atoms with E-state index >= 15 is 0 Å². The lowest BCUT2D eigenvalue weighted by molar-refractivity contribution is -0.153. The van der Waals surface area contributed by atoms with Crippen molar-refractivity contribution in [2.24, 2.45) is 0 Å². The fourth-order valence-electron chi connectivity index (χ4n) is 4.06. The molecule has 1 aliphatic heterocycles. The first-order valence-corrected chi connectivity index (χ1v) is 12.4. The summed E-state index contributed by atoms with van der Waals surface area (Å²) in [5.74, 6) is -0.873. The molecule has 1 aliphatic rings. The molecule has 0 radical (unpaired) electrons. The van der Waals surface area contributed by atoms with Crippen LogP contribution in [0.1, 0.15) is 11.3 Å². The maximum atomic E-state index is 12.7. The van der Waals surface area contributed by atoms with Crippen molar-refractivity contribution in [3.8, 4) is 0 Å². The molecule has 1 amide bonds. The van der Waals surface area contributed by atoms with Crippen molar-refractivity contribution in [1.82, 2.24) is 13.8 Å². The molecule has 0 N–H and O–H groups in total. The number of hydrogen-bond donors (Lipinski definition) is 0. The Morgan fingerprint density at radius 1 is 0.939 bits per heavy atom. The number of nitrogens with zero attached hydrogens (tertiary/aromatic N) is 3. The molecule has 0 saturated carbocycles. The molecule has 0 atom stereocenters. The number of hydrogen-bond acceptors (Lipinski definition) is 5. The van der Waals surface area contributed by atoms with E-state index in [0.717, 1.165) is 22.2 Å². The summed E-state index contributed by atoms with van der Waals surface area (Å²) < 4.78 is 33.8. The number of carbonyl (C=O) groups excluding carboxylic acids is 2. The van der Waals surface area contributed by atoms with Crippen LogP contribution in [0.25, 0.3) is 10.9 Å². The molecule has 0 spiro atoms. The minimum Gasteiger partial charge on any atom is -0.454 e. The first-order valence-electron chi connectivity index (χ1n) is 10.8. The van der Waals surface area contributed by atoms with E-state index in [2.05, 4.69) is 0 Å². The Balaban J connectivity index is 1.26. The lowest BCUT2D eigenvalue weighted by Gasteiger charge is -2.33. The van der Waals surface area contributed by atoms with Crippen molar-refractivity contribution in [3.05, 3.63) is 71.9 Å². The summed E-state index contributed by atoms with van der Waals surface area (Å²) >= 11 is 0. The standard InChI is InChI=1S/C24H27N3O5S/c1-19-15-21-9-5-6-10-22(21)27(19)16-24(29)32-17-23(28)25-11-13-26(14-12-25)33(30,31)18-20-7-3-2-4-8-20/h2-10,15H,11-14,16-18H2,1H3. The second-order valence-electron chi connectivity index (χ2n) is 8.11. The number of piperazine rings is 1. The zero-order valence-corrected chi connectivity index (χ0v) is 19.3. The molecule has 0 unspecified atom stereocenters. The van der Waals surface area contributed by atoms with Gasteiger partial charge in [0.1, 0.15) is 6.54 Å². The van der Waals surface area contributed by atoms with Gasteiger partial charge in [-0.25, -0.2) is 8.42 Å². The number of fused-ring (bicyclic) bond motifs is 1. The number of aromatic nitrogens is 1. The fraction of sp³-hybridized carbons (Fsp3) is 0.333. The number of ether oxygens (including phenoxy) is 1. The Bertz CT molecular complexity index is 1250. The van der Waals surface area contributed by atoms with Crippen LogP contribution in [-0.2, 0) is 36.6 Å². The van der Waals surface area contributed by atoms with Gasteiger partial charge < -0.3 is 14.2 Å². The van der Waals surface area contributed by atoms with E-state index in [1.807, 2.05) is 60.0 Å². The number of benzene rings is 2. The number of sulfonamides is 1. The zero-order valence-electron chi connectivity index (χ0n) is 18.5. The number of rotatable bonds is 7. The topological polar surface area (TPSA) is 88.9 Å². The lowest BCUT2D eigenvalue weighted by Crippen LogP contribution is -2.51. The molecule has 0 aliphatic carbocycles. The molecule has 174 valence electrons. The third-order valence-corrected chi connectivity index (χ3v) is 7.69. The van der Waals surface area contributed by atoms with Crippen LogP contribution in [0, 0.1) is 6.92 Å². The van der Waals surface area contributed by atoms with E-state index in [1.165, 1.54) is 9.21 Å². The smallest absolute Gasteiger partial charge is 0.326 e. The minimum atomic E-state index is -3.46. The summed E-state index contributed by atoms with van der Waals surface area (Å²) in [6.07, 6.45) is 0. The van der Waals surface area contributed by atoms with Crippen LogP contribution in [-0.4, -0.2) is 66.9 Å². The van der Waals surface area contributed by atoms with Crippen molar-refractivity contribution in [3.63, 3.8) is 0 Å². The molecule has 33 heavy (non-hydrogen) atoms. The molecule has 2 heterocycles. The highest BCUT2D eigenvalue weighted by Gasteiger charge is 2.29. The molecule has 0 bridgehead atoms. The van der Waals surface area contributed by atoms with E-state index in [4.69, 9.17) is 4.74 Å².